The first-order valence-electron chi connectivity index (χ1n) is 11.4. The number of aromatic amines is 1. The van der Waals surface area contributed by atoms with Gasteiger partial charge < -0.3 is 10.3 Å². The van der Waals surface area contributed by atoms with E-state index in [0.29, 0.717) is 18.5 Å². The van der Waals surface area contributed by atoms with Gasteiger partial charge >= 0.3 is 5.69 Å². The Kier molecular flexibility index (Phi) is 5.40. The summed E-state index contributed by atoms with van der Waals surface area (Å²) < 4.78 is 1.93. The molecule has 4 atom stereocenters. The van der Waals surface area contributed by atoms with E-state index in [1.54, 1.807) is 0 Å². The minimum absolute atomic E-state index is 0.0171. The molecular weight excluding hydrogens is 388 g/mol. The maximum absolute atomic E-state index is 12.5. The predicted octanol–water partition coefficient (Wildman–Crippen LogP) is 3.27. The number of rotatable bonds is 6. The van der Waals surface area contributed by atoms with E-state index < -0.39 is 0 Å². The minimum Gasteiger partial charge on any atom is -0.355 e. The van der Waals surface area contributed by atoms with Gasteiger partial charge in [0, 0.05) is 37.6 Å². The number of para-hydroxylation sites is 2. The van der Waals surface area contributed by atoms with Crippen LogP contribution in [-0.4, -0.2) is 46.0 Å². The molecule has 2 aliphatic rings. The summed E-state index contributed by atoms with van der Waals surface area (Å²) >= 11 is 0. The van der Waals surface area contributed by atoms with Gasteiger partial charge in [-0.15, -0.1) is 0 Å². The molecule has 1 aliphatic heterocycles. The second-order valence-electron chi connectivity index (χ2n) is 9.03. The van der Waals surface area contributed by atoms with Crippen LogP contribution in [0.15, 0.2) is 59.4 Å². The highest BCUT2D eigenvalue weighted by atomic mass is 16.2. The molecule has 2 heterocycles. The van der Waals surface area contributed by atoms with E-state index >= 15 is 0 Å². The molecule has 162 valence electrons. The number of H-pyrrole nitrogens is 1. The van der Waals surface area contributed by atoms with Gasteiger partial charge in [0.2, 0.25) is 5.91 Å². The minimum atomic E-state index is -0.0171. The molecule has 6 nitrogen and oxygen atoms in total. The van der Waals surface area contributed by atoms with Crippen molar-refractivity contribution >= 4 is 16.9 Å². The van der Waals surface area contributed by atoms with Gasteiger partial charge in [-0.1, -0.05) is 42.5 Å². The molecule has 0 bridgehead atoms. The number of nitrogens with one attached hydrogen (secondary N) is 2. The van der Waals surface area contributed by atoms with E-state index in [2.05, 4.69) is 34.3 Å². The van der Waals surface area contributed by atoms with Crippen LogP contribution in [0.5, 0.6) is 0 Å². The molecule has 1 saturated carbocycles. The highest BCUT2D eigenvalue weighted by molar-refractivity contribution is 5.82. The van der Waals surface area contributed by atoms with Gasteiger partial charge in [-0.2, -0.15) is 0 Å². The van der Waals surface area contributed by atoms with Crippen LogP contribution in [0.3, 0.4) is 0 Å². The number of hydrogen-bond donors (Lipinski definition) is 2. The average molecular weight is 419 g/mol. The van der Waals surface area contributed by atoms with Gasteiger partial charge in [0.25, 0.3) is 0 Å². The molecule has 3 aromatic rings. The van der Waals surface area contributed by atoms with E-state index in [9.17, 15) is 9.59 Å². The summed E-state index contributed by atoms with van der Waals surface area (Å²) in [6.07, 6.45) is 2.84. The highest BCUT2D eigenvalue weighted by Crippen LogP contribution is 2.47. The summed E-state index contributed by atoms with van der Waals surface area (Å²) in [5.74, 6) is 0.686. The molecule has 5 rings (SSSR count). The van der Waals surface area contributed by atoms with Crippen LogP contribution < -0.4 is 11.0 Å². The van der Waals surface area contributed by atoms with Crippen molar-refractivity contribution in [3.63, 3.8) is 0 Å². The van der Waals surface area contributed by atoms with Gasteiger partial charge in [-0.3, -0.25) is 14.3 Å². The lowest BCUT2D eigenvalue weighted by molar-refractivity contribution is -0.122. The number of amides is 1. The first kappa shape index (κ1) is 20.1. The number of carbonyl (C=O) groups is 1. The van der Waals surface area contributed by atoms with Gasteiger partial charge in [0.15, 0.2) is 0 Å². The Hall–Kier alpha value is -2.86. The number of hydrogen-bond acceptors (Lipinski definition) is 3. The van der Waals surface area contributed by atoms with Crippen LogP contribution in [0.2, 0.25) is 0 Å². The predicted molar refractivity (Wildman–Crippen MR) is 122 cm³/mol. The molecule has 0 spiro atoms. The molecule has 2 fully saturated rings. The Morgan fingerprint density at radius 3 is 2.68 bits per heavy atom. The quantitative estimate of drug-likeness (QED) is 0.645. The lowest BCUT2D eigenvalue weighted by atomic mass is 9.98. The second kappa shape index (κ2) is 8.35. The summed E-state index contributed by atoms with van der Waals surface area (Å²) in [6.45, 7) is 4.69. The van der Waals surface area contributed by atoms with Crippen LogP contribution in [0.1, 0.15) is 43.7 Å². The zero-order chi connectivity index (χ0) is 21.4. The SMILES string of the molecule is CC1CC(n2c(=O)[nH]c3ccccc32)CCN1CCNC(=O)[C@@H]1C[C@H]1c1ccccc1. The third kappa shape index (κ3) is 4.04. The van der Waals surface area contributed by atoms with Crippen molar-refractivity contribution in [3.8, 4) is 0 Å². The molecule has 31 heavy (non-hydrogen) atoms. The van der Waals surface area contributed by atoms with E-state index in [1.165, 1.54) is 5.56 Å². The maximum atomic E-state index is 12.5. The fraction of sp³-hybridized carbons (Fsp3) is 0.440. The van der Waals surface area contributed by atoms with Crippen molar-refractivity contribution in [2.45, 2.75) is 44.2 Å². The third-order valence-electron chi connectivity index (χ3n) is 7.03. The van der Waals surface area contributed by atoms with E-state index in [0.717, 1.165) is 43.4 Å². The van der Waals surface area contributed by atoms with Gasteiger partial charge in [0.1, 0.15) is 0 Å². The molecular formula is C25H30N4O2. The zero-order valence-corrected chi connectivity index (χ0v) is 18.0. The van der Waals surface area contributed by atoms with Crippen LogP contribution in [0.4, 0.5) is 0 Å². The summed E-state index contributed by atoms with van der Waals surface area (Å²) in [6, 6.07) is 18.8. The number of nitrogens with zero attached hydrogens (tertiary/aromatic N) is 2. The Bertz CT molecular complexity index is 1120. The smallest absolute Gasteiger partial charge is 0.326 e. The standard InChI is InChI=1S/C25H30N4O2/c1-17-15-19(29-23-10-6-5-9-22(23)27-25(29)31)11-13-28(17)14-12-26-24(30)21-16-20(21)18-7-3-2-4-8-18/h2-10,17,19-21H,11-16H2,1H3,(H,26,30)(H,27,31)/t17?,19?,20-,21+/m0/s1. The Morgan fingerprint density at radius 2 is 1.87 bits per heavy atom. The monoisotopic (exact) mass is 418 g/mol. The maximum Gasteiger partial charge on any atom is 0.326 e. The first-order chi connectivity index (χ1) is 15.1. The topological polar surface area (TPSA) is 70.1 Å². The fourth-order valence-corrected chi connectivity index (χ4v) is 5.21. The van der Waals surface area contributed by atoms with Gasteiger partial charge in [0.05, 0.1) is 11.0 Å². The molecule has 0 radical (unpaired) electrons. The van der Waals surface area contributed by atoms with Gasteiger partial charge in [-0.05, 0) is 49.8 Å². The number of imidazole rings is 1. The van der Waals surface area contributed by atoms with E-state index in [-0.39, 0.29) is 23.6 Å². The van der Waals surface area contributed by atoms with Crippen molar-refractivity contribution in [1.29, 1.82) is 0 Å². The van der Waals surface area contributed by atoms with Crippen molar-refractivity contribution in [1.82, 2.24) is 19.8 Å². The van der Waals surface area contributed by atoms with Crippen molar-refractivity contribution in [2.24, 2.45) is 5.92 Å². The van der Waals surface area contributed by atoms with Crippen LogP contribution in [-0.2, 0) is 4.79 Å². The summed E-state index contributed by atoms with van der Waals surface area (Å²) in [5.41, 5.74) is 3.14. The van der Waals surface area contributed by atoms with E-state index in [4.69, 9.17) is 0 Å². The molecule has 1 aliphatic carbocycles. The number of aromatic nitrogens is 2. The number of piperidine rings is 1. The molecule has 1 amide bonds. The number of fused-ring (bicyclic) bond motifs is 1. The average Bonchev–Trinajstić information content (AvgIpc) is 3.51. The van der Waals surface area contributed by atoms with E-state index in [1.807, 2.05) is 47.0 Å². The number of carbonyl (C=O) groups excluding carboxylic acids is 1. The largest absolute Gasteiger partial charge is 0.355 e. The summed E-state index contributed by atoms with van der Waals surface area (Å²) in [7, 11) is 0. The molecule has 1 aromatic heterocycles. The molecule has 2 aromatic carbocycles. The molecule has 2 N–H and O–H groups in total. The molecule has 6 heteroatoms. The summed E-state index contributed by atoms with van der Waals surface area (Å²) in [4.78, 5) is 30.4. The highest BCUT2D eigenvalue weighted by Gasteiger charge is 2.43. The molecule has 1 saturated heterocycles. The second-order valence-corrected chi connectivity index (χ2v) is 9.03. The molecule has 2 unspecified atom stereocenters. The normalized spacial score (nSPS) is 26.1. The lowest BCUT2D eigenvalue weighted by Crippen LogP contribution is -2.46. The van der Waals surface area contributed by atoms with Gasteiger partial charge in [-0.25, -0.2) is 4.79 Å². The Labute approximate surface area is 182 Å². The Morgan fingerprint density at radius 1 is 1.10 bits per heavy atom. The summed E-state index contributed by atoms with van der Waals surface area (Å²) in [5, 5.41) is 3.14. The first-order valence-corrected chi connectivity index (χ1v) is 11.4. The van der Waals surface area contributed by atoms with Crippen LogP contribution in [0.25, 0.3) is 11.0 Å². The van der Waals surface area contributed by atoms with Crippen LogP contribution in [0, 0.1) is 5.92 Å². The number of likely N-dealkylation sites (tertiary alicyclic amines) is 1. The fourth-order valence-electron chi connectivity index (χ4n) is 5.21. The lowest BCUT2D eigenvalue weighted by Gasteiger charge is -2.38. The van der Waals surface area contributed by atoms with Crippen LogP contribution >= 0.6 is 0 Å². The van der Waals surface area contributed by atoms with Crippen molar-refractivity contribution < 1.29 is 4.79 Å². The third-order valence-corrected chi connectivity index (χ3v) is 7.03. The van der Waals surface area contributed by atoms with Crippen molar-refractivity contribution in [3.05, 3.63) is 70.6 Å². The van der Waals surface area contributed by atoms with Crippen molar-refractivity contribution in [2.75, 3.05) is 19.6 Å². The Balaban J connectivity index is 1.12. The number of benzene rings is 2. The zero-order valence-electron chi connectivity index (χ0n) is 18.0.